The first kappa shape index (κ1) is 41.6. The summed E-state index contributed by atoms with van der Waals surface area (Å²) in [4.78, 5) is 22.6. The van der Waals surface area contributed by atoms with Crippen LogP contribution in [0, 0.1) is 17.8 Å². The zero-order valence-electron chi connectivity index (χ0n) is 32.3. The van der Waals surface area contributed by atoms with E-state index in [4.69, 9.17) is 28.9 Å². The summed E-state index contributed by atoms with van der Waals surface area (Å²) in [7, 11) is 0. The number of nitrogens with zero attached hydrogens (tertiary/aromatic N) is 2. The number of thioether (sulfide) groups is 1. The molecule has 3 aliphatic rings. The number of fused-ring (bicyclic) bond motifs is 2. The largest absolute Gasteiger partial charge is 0.493 e. The van der Waals surface area contributed by atoms with Crippen LogP contribution in [0.3, 0.4) is 0 Å². The summed E-state index contributed by atoms with van der Waals surface area (Å²) in [5.41, 5.74) is 2.82. The number of benzene rings is 2. The quantitative estimate of drug-likeness (QED) is 0.0528. The Kier molecular flexibility index (Phi) is 16.2. The zero-order chi connectivity index (χ0) is 38.3. The van der Waals surface area contributed by atoms with Crippen LogP contribution >= 0.6 is 11.8 Å². The number of ether oxygens (including phenoxy) is 4. The minimum atomic E-state index is -1.30. The van der Waals surface area contributed by atoms with Crippen LogP contribution in [0.5, 0.6) is 11.5 Å². The van der Waals surface area contributed by atoms with Crippen molar-refractivity contribution in [3.05, 3.63) is 78.4 Å². The molecule has 296 valence electrons. The van der Waals surface area contributed by atoms with Crippen LogP contribution in [0.15, 0.2) is 82.9 Å². The van der Waals surface area contributed by atoms with Gasteiger partial charge in [-0.2, -0.15) is 0 Å². The highest BCUT2D eigenvalue weighted by Gasteiger charge is 2.65. The van der Waals surface area contributed by atoms with E-state index in [1.165, 1.54) is 4.90 Å². The van der Waals surface area contributed by atoms with Gasteiger partial charge in [0, 0.05) is 48.3 Å². The van der Waals surface area contributed by atoms with E-state index in [9.17, 15) is 15.0 Å². The predicted octanol–water partition coefficient (Wildman–Crippen LogP) is 8.38. The fourth-order valence-electron chi connectivity index (χ4n) is 8.54. The SMILES string of the molecule is C=CCO[C@@]12Oc3ccc(OCCSc4ccccc4)cc3[C@H]3[C@H](CCCCO)[C@@H](CCCCO)C=C(C(=NOCC)C[C@@H]1N(CCC)C(=O)OCC)[C@H]32. The normalized spacial score (nSPS) is 24.8. The van der Waals surface area contributed by atoms with Crippen molar-refractivity contribution in [2.24, 2.45) is 22.9 Å². The molecular weight excluding hydrogens is 705 g/mol. The maximum atomic E-state index is 13.9. The molecule has 6 atom stereocenters. The molecule has 1 heterocycles. The average molecular weight is 765 g/mol. The monoisotopic (exact) mass is 764 g/mol. The van der Waals surface area contributed by atoms with E-state index in [1.807, 2.05) is 51.1 Å². The predicted molar refractivity (Wildman–Crippen MR) is 213 cm³/mol. The maximum absolute atomic E-state index is 13.9. The number of hydrogen-bond acceptors (Lipinski definition) is 10. The van der Waals surface area contributed by atoms with Crippen LogP contribution in [0.25, 0.3) is 0 Å². The summed E-state index contributed by atoms with van der Waals surface area (Å²) in [6.45, 7) is 11.9. The van der Waals surface area contributed by atoms with Gasteiger partial charge in [0.2, 0.25) is 5.79 Å². The topological polar surface area (TPSA) is 119 Å². The Bertz CT molecular complexity index is 1550. The van der Waals surface area contributed by atoms with Crippen LogP contribution in [-0.2, 0) is 14.3 Å². The number of allylic oxidation sites excluding steroid dienone is 1. The standard InChI is InChI=1S/C43H60N2O8S/c1-5-22-45(42(48)49-7-3)39-30-37(44-52-8-4)35-28-31(16-12-14-23-46)34(19-13-15-24-47)40-36-29-32(50-26-27-54-33-17-10-9-11-18-33)20-21-38(36)53-43(39,41(35)40)51-25-6-2/h6,9-11,17-18,20-21,28-29,31,34,39-41,46-47H,2,5,7-8,12-16,19,22-27,30H2,1,3-4H3/t31-,34+,39-,40+,41+,43+/m0/s1. The van der Waals surface area contributed by atoms with Crippen LogP contribution in [0.2, 0.25) is 0 Å². The number of aliphatic hydroxyl groups is 2. The second-order valence-corrected chi connectivity index (χ2v) is 15.3. The van der Waals surface area contributed by atoms with E-state index >= 15 is 0 Å². The van der Waals surface area contributed by atoms with Gasteiger partial charge in [-0.25, -0.2) is 4.79 Å². The number of rotatable bonds is 22. The Hall–Kier alpha value is -3.51. The smallest absolute Gasteiger partial charge is 0.410 e. The van der Waals surface area contributed by atoms with E-state index in [0.717, 1.165) is 60.5 Å². The van der Waals surface area contributed by atoms with Crippen LogP contribution in [-0.4, -0.2) is 90.7 Å². The van der Waals surface area contributed by atoms with Gasteiger partial charge in [-0.15, -0.1) is 18.3 Å². The Labute approximate surface area is 325 Å². The molecule has 0 unspecified atom stereocenters. The highest BCUT2D eigenvalue weighted by atomic mass is 32.2. The molecule has 0 radical (unpaired) electrons. The molecule has 10 nitrogen and oxygen atoms in total. The third-order valence-corrected chi connectivity index (χ3v) is 11.6. The van der Waals surface area contributed by atoms with Crippen LogP contribution in [0.4, 0.5) is 4.79 Å². The summed E-state index contributed by atoms with van der Waals surface area (Å²) < 4.78 is 26.3. The lowest BCUT2D eigenvalue weighted by Gasteiger charge is -2.59. The van der Waals surface area contributed by atoms with Gasteiger partial charge in [0.15, 0.2) is 0 Å². The minimum absolute atomic E-state index is 0.112. The Morgan fingerprint density at radius 3 is 2.54 bits per heavy atom. The van der Waals surface area contributed by atoms with E-state index in [-0.39, 0.29) is 50.1 Å². The summed E-state index contributed by atoms with van der Waals surface area (Å²) in [6, 6.07) is 15.8. The molecule has 1 saturated carbocycles. The van der Waals surface area contributed by atoms with Crippen LogP contribution < -0.4 is 9.47 Å². The summed E-state index contributed by atoms with van der Waals surface area (Å²) >= 11 is 1.76. The van der Waals surface area contributed by atoms with Crippen molar-refractivity contribution in [1.82, 2.24) is 4.90 Å². The summed E-state index contributed by atoms with van der Waals surface area (Å²) in [6.07, 6.45) is 9.60. The molecule has 5 rings (SSSR count). The van der Waals surface area contributed by atoms with Gasteiger partial charge in [-0.3, -0.25) is 4.90 Å². The van der Waals surface area contributed by atoms with Crippen molar-refractivity contribution < 1.29 is 38.8 Å². The van der Waals surface area contributed by atoms with Crippen molar-refractivity contribution in [3.63, 3.8) is 0 Å². The lowest BCUT2D eigenvalue weighted by atomic mass is 9.55. The molecule has 54 heavy (non-hydrogen) atoms. The second-order valence-electron chi connectivity index (χ2n) is 14.1. The lowest BCUT2D eigenvalue weighted by molar-refractivity contribution is -0.255. The number of hydrogen-bond donors (Lipinski definition) is 2. The Morgan fingerprint density at radius 1 is 1.06 bits per heavy atom. The van der Waals surface area contributed by atoms with Gasteiger partial charge in [0.25, 0.3) is 0 Å². The molecule has 2 aromatic rings. The number of aliphatic hydroxyl groups excluding tert-OH is 2. The van der Waals surface area contributed by atoms with E-state index < -0.39 is 17.9 Å². The van der Waals surface area contributed by atoms with Crippen LogP contribution in [0.1, 0.15) is 83.6 Å². The number of carbonyl (C=O) groups is 1. The molecule has 0 aromatic heterocycles. The van der Waals surface area contributed by atoms with E-state index in [0.29, 0.717) is 44.8 Å². The van der Waals surface area contributed by atoms with Crippen molar-refractivity contribution in [1.29, 1.82) is 0 Å². The highest BCUT2D eigenvalue weighted by molar-refractivity contribution is 7.99. The van der Waals surface area contributed by atoms with Gasteiger partial charge in [0.1, 0.15) is 24.1 Å². The molecule has 1 amide bonds. The molecule has 0 bridgehead atoms. The Morgan fingerprint density at radius 2 is 1.83 bits per heavy atom. The number of amides is 1. The lowest BCUT2D eigenvalue weighted by Crippen LogP contribution is -2.70. The first-order valence-corrected chi connectivity index (χ1v) is 20.9. The van der Waals surface area contributed by atoms with Gasteiger partial charge in [-0.1, -0.05) is 55.3 Å². The van der Waals surface area contributed by atoms with Crippen molar-refractivity contribution in [2.45, 2.75) is 94.8 Å². The van der Waals surface area contributed by atoms with Crippen molar-refractivity contribution in [2.75, 3.05) is 51.9 Å². The van der Waals surface area contributed by atoms with E-state index in [1.54, 1.807) is 22.7 Å². The molecule has 0 saturated heterocycles. The fraction of sp³-hybridized carbons (Fsp3) is 0.581. The average Bonchev–Trinajstić information content (AvgIpc) is 3.19. The minimum Gasteiger partial charge on any atom is -0.493 e. The van der Waals surface area contributed by atoms with Crippen molar-refractivity contribution >= 4 is 23.6 Å². The highest BCUT2D eigenvalue weighted by Crippen LogP contribution is 2.62. The molecule has 2 aromatic carbocycles. The fourth-order valence-corrected chi connectivity index (χ4v) is 9.29. The first-order valence-electron chi connectivity index (χ1n) is 19.9. The number of oxime groups is 1. The molecule has 1 fully saturated rings. The van der Waals surface area contributed by atoms with E-state index in [2.05, 4.69) is 30.9 Å². The maximum Gasteiger partial charge on any atom is 0.410 e. The zero-order valence-corrected chi connectivity index (χ0v) is 33.1. The molecule has 11 heteroatoms. The summed E-state index contributed by atoms with van der Waals surface area (Å²) in [5.74, 6) is 0.772. The van der Waals surface area contributed by atoms with Gasteiger partial charge < -0.3 is 34.0 Å². The molecule has 0 spiro atoms. The molecule has 2 aliphatic carbocycles. The molecular formula is C43H60N2O8S. The Balaban J connectivity index is 1.67. The third kappa shape index (κ3) is 9.64. The van der Waals surface area contributed by atoms with Gasteiger partial charge in [0.05, 0.1) is 31.5 Å². The number of unbranched alkanes of at least 4 members (excludes halogenated alkanes) is 2. The third-order valence-electron chi connectivity index (χ3n) is 10.7. The summed E-state index contributed by atoms with van der Waals surface area (Å²) in [5, 5.41) is 24.4. The molecule has 2 N–H and O–H groups in total. The second kappa shape index (κ2) is 21.0. The molecule has 1 aliphatic heterocycles. The first-order chi connectivity index (χ1) is 26.5. The van der Waals surface area contributed by atoms with Crippen molar-refractivity contribution in [3.8, 4) is 11.5 Å². The van der Waals surface area contributed by atoms with Gasteiger partial charge in [-0.05, 0) is 93.7 Å². The van der Waals surface area contributed by atoms with Gasteiger partial charge >= 0.3 is 6.09 Å². The number of carbonyl (C=O) groups excluding carboxylic acids is 1.